The molecule has 0 aromatic carbocycles. The molecule has 1 atom stereocenters. The number of carboxylic acids is 1. The van der Waals surface area contributed by atoms with Crippen LogP contribution in [-0.4, -0.2) is 39.5 Å². The van der Waals surface area contributed by atoms with Crippen LogP contribution in [0, 0.1) is 6.92 Å². The summed E-state index contributed by atoms with van der Waals surface area (Å²) in [5.41, 5.74) is 1.96. The standard InChI is InChI=1S/C17H20N2O3S/c1-4-19(11(2)9-13-7-8-23-10-13)16(20)15-6-5-14(17(21)22)12(3)18-15/h5-8,10-11H,4,9H2,1-3H3,(H,21,22). The van der Waals surface area contributed by atoms with Crippen LogP contribution in [0.5, 0.6) is 0 Å². The van der Waals surface area contributed by atoms with Crippen LogP contribution in [0.4, 0.5) is 0 Å². The molecule has 2 heterocycles. The van der Waals surface area contributed by atoms with Crippen molar-refractivity contribution in [1.82, 2.24) is 9.88 Å². The van der Waals surface area contributed by atoms with E-state index in [-0.39, 0.29) is 23.2 Å². The van der Waals surface area contributed by atoms with Crippen LogP contribution in [0.3, 0.4) is 0 Å². The van der Waals surface area contributed by atoms with E-state index in [1.54, 1.807) is 23.2 Å². The van der Waals surface area contributed by atoms with Crippen LogP contribution in [-0.2, 0) is 6.42 Å². The third-order valence-corrected chi connectivity index (χ3v) is 4.51. The Bertz CT molecular complexity index is 698. The molecular weight excluding hydrogens is 312 g/mol. The Morgan fingerprint density at radius 2 is 2.09 bits per heavy atom. The fraction of sp³-hybridized carbons (Fsp3) is 0.353. The number of thiophene rings is 1. The summed E-state index contributed by atoms with van der Waals surface area (Å²) >= 11 is 1.64. The summed E-state index contributed by atoms with van der Waals surface area (Å²) in [6.45, 7) is 6.12. The largest absolute Gasteiger partial charge is 0.478 e. The zero-order valence-corrected chi connectivity index (χ0v) is 14.3. The molecule has 0 bridgehead atoms. The molecule has 0 fully saturated rings. The van der Waals surface area contributed by atoms with E-state index in [2.05, 4.69) is 16.4 Å². The first-order chi connectivity index (χ1) is 10.9. The molecule has 0 spiro atoms. The van der Waals surface area contributed by atoms with E-state index in [4.69, 9.17) is 5.11 Å². The molecule has 1 unspecified atom stereocenters. The lowest BCUT2D eigenvalue weighted by molar-refractivity contribution is 0.0680. The number of hydrogen-bond donors (Lipinski definition) is 1. The number of aromatic nitrogens is 1. The van der Waals surface area contributed by atoms with E-state index < -0.39 is 5.97 Å². The molecule has 6 heteroatoms. The number of carbonyl (C=O) groups excluding carboxylic acids is 1. The second-order valence-corrected chi connectivity index (χ2v) is 6.19. The number of aromatic carboxylic acids is 1. The van der Waals surface area contributed by atoms with Gasteiger partial charge in [-0.1, -0.05) is 0 Å². The van der Waals surface area contributed by atoms with Crippen LogP contribution < -0.4 is 0 Å². The third kappa shape index (κ3) is 3.96. The monoisotopic (exact) mass is 332 g/mol. The van der Waals surface area contributed by atoms with Crippen molar-refractivity contribution >= 4 is 23.2 Å². The highest BCUT2D eigenvalue weighted by Crippen LogP contribution is 2.15. The van der Waals surface area contributed by atoms with Gasteiger partial charge in [0.2, 0.25) is 0 Å². The van der Waals surface area contributed by atoms with Gasteiger partial charge in [-0.3, -0.25) is 4.79 Å². The van der Waals surface area contributed by atoms with E-state index in [1.807, 2.05) is 19.2 Å². The Hall–Kier alpha value is -2.21. The molecule has 2 aromatic rings. The average Bonchev–Trinajstić information content (AvgIpc) is 3.00. The third-order valence-electron chi connectivity index (χ3n) is 3.78. The summed E-state index contributed by atoms with van der Waals surface area (Å²) in [7, 11) is 0. The maximum Gasteiger partial charge on any atom is 0.337 e. The number of carboxylic acid groups (broad SMARTS) is 1. The summed E-state index contributed by atoms with van der Waals surface area (Å²) in [5, 5.41) is 13.2. The molecule has 0 saturated carbocycles. The fourth-order valence-corrected chi connectivity index (χ4v) is 3.25. The van der Waals surface area contributed by atoms with Crippen LogP contribution in [0.25, 0.3) is 0 Å². The van der Waals surface area contributed by atoms with Crippen molar-refractivity contribution in [3.05, 3.63) is 51.5 Å². The van der Waals surface area contributed by atoms with E-state index >= 15 is 0 Å². The van der Waals surface area contributed by atoms with Gasteiger partial charge in [-0.25, -0.2) is 9.78 Å². The molecule has 0 aliphatic rings. The van der Waals surface area contributed by atoms with E-state index in [0.717, 1.165) is 6.42 Å². The second kappa shape index (κ2) is 7.37. The van der Waals surface area contributed by atoms with Gasteiger partial charge >= 0.3 is 5.97 Å². The van der Waals surface area contributed by atoms with E-state index in [0.29, 0.717) is 12.2 Å². The predicted molar refractivity (Wildman–Crippen MR) is 90.1 cm³/mol. The van der Waals surface area contributed by atoms with Crippen molar-refractivity contribution in [3.63, 3.8) is 0 Å². The van der Waals surface area contributed by atoms with Crippen molar-refractivity contribution in [2.24, 2.45) is 0 Å². The molecule has 122 valence electrons. The van der Waals surface area contributed by atoms with E-state index in [9.17, 15) is 9.59 Å². The SMILES string of the molecule is CCN(C(=O)c1ccc(C(=O)O)c(C)n1)C(C)Cc1ccsc1. The summed E-state index contributed by atoms with van der Waals surface area (Å²) < 4.78 is 0. The minimum atomic E-state index is -1.04. The lowest BCUT2D eigenvalue weighted by Gasteiger charge is -2.27. The first-order valence-electron chi connectivity index (χ1n) is 7.47. The first-order valence-corrected chi connectivity index (χ1v) is 8.41. The highest BCUT2D eigenvalue weighted by atomic mass is 32.1. The Balaban J connectivity index is 2.19. The number of carbonyl (C=O) groups is 2. The number of hydrogen-bond acceptors (Lipinski definition) is 4. The number of likely N-dealkylation sites (N-methyl/N-ethyl adjacent to an activating group) is 1. The summed E-state index contributed by atoms with van der Waals surface area (Å²) in [5.74, 6) is -1.21. The van der Waals surface area contributed by atoms with Gasteiger partial charge in [0.25, 0.3) is 5.91 Å². The topological polar surface area (TPSA) is 70.5 Å². The number of nitrogens with zero attached hydrogens (tertiary/aromatic N) is 2. The Morgan fingerprint density at radius 3 is 2.61 bits per heavy atom. The summed E-state index contributed by atoms with van der Waals surface area (Å²) in [4.78, 5) is 29.7. The van der Waals surface area contributed by atoms with Crippen LogP contribution in [0.2, 0.25) is 0 Å². The van der Waals surface area contributed by atoms with Gasteiger partial charge < -0.3 is 10.0 Å². The molecule has 1 amide bonds. The molecule has 5 nitrogen and oxygen atoms in total. The predicted octanol–water partition coefficient (Wildman–Crippen LogP) is 3.24. The second-order valence-electron chi connectivity index (χ2n) is 5.41. The molecule has 0 aliphatic carbocycles. The fourth-order valence-electron chi connectivity index (χ4n) is 2.57. The molecule has 1 N–H and O–H groups in total. The van der Waals surface area contributed by atoms with E-state index in [1.165, 1.54) is 17.7 Å². The Morgan fingerprint density at radius 1 is 1.35 bits per heavy atom. The molecule has 2 rings (SSSR count). The van der Waals surface area contributed by atoms with Crippen LogP contribution >= 0.6 is 11.3 Å². The molecule has 0 aliphatic heterocycles. The summed E-state index contributed by atoms with van der Waals surface area (Å²) in [6.07, 6.45) is 0.787. The minimum Gasteiger partial charge on any atom is -0.478 e. The van der Waals surface area contributed by atoms with Crippen molar-refractivity contribution in [2.45, 2.75) is 33.2 Å². The highest BCUT2D eigenvalue weighted by Gasteiger charge is 2.22. The number of pyridine rings is 1. The number of amides is 1. The zero-order valence-electron chi connectivity index (χ0n) is 13.4. The molecule has 0 saturated heterocycles. The highest BCUT2D eigenvalue weighted by molar-refractivity contribution is 7.07. The molecule has 2 aromatic heterocycles. The van der Waals surface area contributed by atoms with Crippen molar-refractivity contribution in [1.29, 1.82) is 0 Å². The quantitative estimate of drug-likeness (QED) is 0.881. The average molecular weight is 332 g/mol. The van der Waals surface area contributed by atoms with Crippen LogP contribution in [0.15, 0.2) is 29.0 Å². The molecule has 0 radical (unpaired) electrons. The van der Waals surface area contributed by atoms with Gasteiger partial charge in [-0.2, -0.15) is 11.3 Å². The van der Waals surface area contributed by atoms with Gasteiger partial charge in [0.15, 0.2) is 0 Å². The smallest absolute Gasteiger partial charge is 0.337 e. The Labute approximate surface area is 139 Å². The number of rotatable bonds is 6. The Kier molecular flexibility index (Phi) is 5.50. The van der Waals surface area contributed by atoms with Gasteiger partial charge in [0, 0.05) is 12.6 Å². The maximum absolute atomic E-state index is 12.7. The normalized spacial score (nSPS) is 12.0. The molecule has 23 heavy (non-hydrogen) atoms. The van der Waals surface area contributed by atoms with Gasteiger partial charge in [0.1, 0.15) is 5.69 Å². The minimum absolute atomic E-state index is 0.0448. The molecular formula is C17H20N2O3S. The van der Waals surface area contributed by atoms with Crippen molar-refractivity contribution in [2.75, 3.05) is 6.54 Å². The van der Waals surface area contributed by atoms with Crippen LogP contribution in [0.1, 0.15) is 46.0 Å². The maximum atomic E-state index is 12.7. The first kappa shape index (κ1) is 17.1. The summed E-state index contributed by atoms with van der Waals surface area (Å²) in [6, 6.07) is 5.03. The zero-order chi connectivity index (χ0) is 17.0. The van der Waals surface area contributed by atoms with Crippen molar-refractivity contribution < 1.29 is 14.7 Å². The van der Waals surface area contributed by atoms with Gasteiger partial charge in [-0.15, -0.1) is 0 Å². The van der Waals surface area contributed by atoms with Crippen molar-refractivity contribution in [3.8, 4) is 0 Å². The lowest BCUT2D eigenvalue weighted by atomic mass is 10.1. The lowest BCUT2D eigenvalue weighted by Crippen LogP contribution is -2.40. The van der Waals surface area contributed by atoms with Gasteiger partial charge in [0.05, 0.1) is 11.3 Å². The number of aryl methyl sites for hydroxylation is 1. The van der Waals surface area contributed by atoms with Gasteiger partial charge in [-0.05, 0) is 61.7 Å².